The van der Waals surface area contributed by atoms with Crippen molar-refractivity contribution in [3.05, 3.63) is 63.9 Å². The van der Waals surface area contributed by atoms with Crippen LogP contribution in [0, 0.1) is 5.82 Å². The third-order valence-corrected chi connectivity index (χ3v) is 7.05. The topological polar surface area (TPSA) is 86.8 Å². The van der Waals surface area contributed by atoms with Gasteiger partial charge in [-0.25, -0.2) is 12.8 Å². The van der Waals surface area contributed by atoms with Crippen LogP contribution in [0.5, 0.6) is 0 Å². The number of hydrogen-bond donors (Lipinski definition) is 1. The lowest BCUT2D eigenvalue weighted by Gasteiger charge is -2.29. The molecule has 2 amide bonds. The molecular weight excluding hydrogens is 516 g/mol. The molecule has 0 aliphatic heterocycles. The van der Waals surface area contributed by atoms with Crippen molar-refractivity contribution in [3.63, 3.8) is 0 Å². The molecule has 0 aliphatic rings. The van der Waals surface area contributed by atoms with Gasteiger partial charge in [0.25, 0.3) is 0 Å². The molecule has 2 rings (SSSR count). The normalized spacial score (nSPS) is 12.2. The van der Waals surface area contributed by atoms with Gasteiger partial charge >= 0.3 is 0 Å². The minimum Gasteiger partial charge on any atom is -0.354 e. The van der Waals surface area contributed by atoms with Crippen LogP contribution in [0.3, 0.4) is 0 Å². The SMILES string of the molecule is CCCNC(=O)[C@@H](C)N(Cc1ccc(F)cc1)C(=O)CCCN(c1cc(Cl)ccc1Cl)S(C)(=O)=O. The Morgan fingerprint density at radius 2 is 1.77 bits per heavy atom. The van der Waals surface area contributed by atoms with E-state index in [1.807, 2.05) is 6.92 Å². The van der Waals surface area contributed by atoms with Crippen molar-refractivity contribution in [1.82, 2.24) is 10.2 Å². The zero-order chi connectivity index (χ0) is 26.2. The number of halogens is 3. The minimum atomic E-state index is -3.70. The molecule has 0 heterocycles. The average Bonchev–Trinajstić information content (AvgIpc) is 2.80. The summed E-state index contributed by atoms with van der Waals surface area (Å²) in [4.78, 5) is 27.2. The first kappa shape index (κ1) is 28.9. The monoisotopic (exact) mass is 545 g/mol. The number of anilines is 1. The van der Waals surface area contributed by atoms with Gasteiger partial charge in [0.2, 0.25) is 21.8 Å². The Hall–Kier alpha value is -2.36. The highest BCUT2D eigenvalue weighted by Crippen LogP contribution is 2.31. The van der Waals surface area contributed by atoms with Crippen LogP contribution < -0.4 is 9.62 Å². The van der Waals surface area contributed by atoms with E-state index in [2.05, 4.69) is 5.32 Å². The van der Waals surface area contributed by atoms with Gasteiger partial charge < -0.3 is 10.2 Å². The number of nitrogens with zero attached hydrogens (tertiary/aromatic N) is 2. The van der Waals surface area contributed by atoms with Gasteiger partial charge in [-0.15, -0.1) is 0 Å². The lowest BCUT2D eigenvalue weighted by atomic mass is 10.1. The Balaban J connectivity index is 2.18. The summed E-state index contributed by atoms with van der Waals surface area (Å²) in [6.07, 6.45) is 1.96. The van der Waals surface area contributed by atoms with Gasteiger partial charge in [0.15, 0.2) is 0 Å². The number of benzene rings is 2. The molecule has 0 bridgehead atoms. The van der Waals surface area contributed by atoms with Gasteiger partial charge in [-0.3, -0.25) is 13.9 Å². The van der Waals surface area contributed by atoms with Gasteiger partial charge in [0, 0.05) is 31.1 Å². The molecule has 192 valence electrons. The molecule has 2 aromatic rings. The molecule has 0 saturated carbocycles. The molecule has 0 saturated heterocycles. The van der Waals surface area contributed by atoms with E-state index in [0.29, 0.717) is 17.1 Å². The smallest absolute Gasteiger partial charge is 0.242 e. The lowest BCUT2D eigenvalue weighted by molar-refractivity contribution is -0.140. The van der Waals surface area contributed by atoms with Gasteiger partial charge in [-0.05, 0) is 55.7 Å². The van der Waals surface area contributed by atoms with Crippen LogP contribution in [0.1, 0.15) is 38.7 Å². The Morgan fingerprint density at radius 1 is 1.11 bits per heavy atom. The van der Waals surface area contributed by atoms with Crippen molar-refractivity contribution in [2.45, 2.75) is 45.7 Å². The van der Waals surface area contributed by atoms with Gasteiger partial charge in [0.1, 0.15) is 11.9 Å². The second-order valence-electron chi connectivity index (χ2n) is 8.15. The standard InChI is InChI=1S/C24H30Cl2FN3O4S/c1-4-13-28-24(32)17(2)29(16-18-7-10-20(27)11-8-18)23(31)6-5-14-30(35(3,33)34)22-15-19(25)9-12-21(22)26/h7-12,15,17H,4-6,13-14,16H2,1-3H3,(H,28,32)/t17-/m1/s1. The van der Waals surface area contributed by atoms with E-state index in [9.17, 15) is 22.4 Å². The van der Waals surface area contributed by atoms with E-state index in [0.717, 1.165) is 17.0 Å². The number of hydrogen-bond acceptors (Lipinski definition) is 4. The average molecular weight is 546 g/mol. The summed E-state index contributed by atoms with van der Waals surface area (Å²) < 4.78 is 39.3. The number of carbonyl (C=O) groups is 2. The van der Waals surface area contributed by atoms with Crippen LogP contribution in [0.15, 0.2) is 42.5 Å². The van der Waals surface area contributed by atoms with Crippen molar-refractivity contribution in [1.29, 1.82) is 0 Å². The Morgan fingerprint density at radius 3 is 2.37 bits per heavy atom. The van der Waals surface area contributed by atoms with Crippen LogP contribution in [0.2, 0.25) is 10.0 Å². The molecule has 0 fully saturated rings. The van der Waals surface area contributed by atoms with Gasteiger partial charge in [0.05, 0.1) is 17.0 Å². The molecule has 1 N–H and O–H groups in total. The molecule has 0 radical (unpaired) electrons. The van der Waals surface area contributed by atoms with Crippen molar-refractivity contribution >= 4 is 50.7 Å². The highest BCUT2D eigenvalue weighted by Gasteiger charge is 2.27. The second kappa shape index (κ2) is 13.1. The van der Waals surface area contributed by atoms with Crippen LogP contribution in [-0.4, -0.2) is 50.5 Å². The number of carbonyl (C=O) groups excluding carboxylic acids is 2. The lowest BCUT2D eigenvalue weighted by Crippen LogP contribution is -2.47. The second-order valence-corrected chi connectivity index (χ2v) is 10.9. The van der Waals surface area contributed by atoms with Crippen molar-refractivity contribution in [2.24, 2.45) is 0 Å². The van der Waals surface area contributed by atoms with Crippen LogP contribution in [-0.2, 0) is 26.2 Å². The summed E-state index contributed by atoms with van der Waals surface area (Å²) in [5.41, 5.74) is 0.892. The quantitative estimate of drug-likeness (QED) is 0.421. The molecule has 0 spiro atoms. The van der Waals surface area contributed by atoms with Crippen LogP contribution in [0.25, 0.3) is 0 Å². The molecule has 2 aromatic carbocycles. The minimum absolute atomic E-state index is 0.00850. The van der Waals surface area contributed by atoms with Crippen molar-refractivity contribution < 1.29 is 22.4 Å². The summed E-state index contributed by atoms with van der Waals surface area (Å²) in [5.74, 6) is -1.04. The van der Waals surface area contributed by atoms with Crippen LogP contribution in [0.4, 0.5) is 10.1 Å². The van der Waals surface area contributed by atoms with Crippen LogP contribution >= 0.6 is 23.2 Å². The van der Waals surface area contributed by atoms with E-state index in [-0.39, 0.29) is 48.5 Å². The summed E-state index contributed by atoms with van der Waals surface area (Å²) in [5, 5.41) is 3.32. The largest absolute Gasteiger partial charge is 0.354 e. The fraction of sp³-hybridized carbons (Fsp3) is 0.417. The molecule has 11 heteroatoms. The summed E-state index contributed by atoms with van der Waals surface area (Å²) in [6.45, 7) is 4.12. The fourth-order valence-electron chi connectivity index (χ4n) is 3.42. The van der Waals surface area contributed by atoms with E-state index in [1.165, 1.54) is 29.2 Å². The molecule has 0 unspecified atom stereocenters. The van der Waals surface area contributed by atoms with Gasteiger partial charge in [-0.1, -0.05) is 42.3 Å². The molecule has 35 heavy (non-hydrogen) atoms. The maximum Gasteiger partial charge on any atom is 0.242 e. The zero-order valence-corrected chi connectivity index (χ0v) is 22.3. The molecule has 7 nitrogen and oxygen atoms in total. The first-order valence-electron chi connectivity index (χ1n) is 11.2. The third kappa shape index (κ3) is 8.66. The first-order chi connectivity index (χ1) is 16.4. The van der Waals surface area contributed by atoms with E-state index < -0.39 is 21.9 Å². The third-order valence-electron chi connectivity index (χ3n) is 5.31. The number of sulfonamides is 1. The maximum atomic E-state index is 13.3. The van der Waals surface area contributed by atoms with E-state index in [4.69, 9.17) is 23.2 Å². The summed E-state index contributed by atoms with van der Waals surface area (Å²) >= 11 is 12.2. The Kier molecular flexibility index (Phi) is 10.8. The van der Waals surface area contributed by atoms with Crippen molar-refractivity contribution in [2.75, 3.05) is 23.7 Å². The zero-order valence-electron chi connectivity index (χ0n) is 19.9. The highest BCUT2D eigenvalue weighted by atomic mass is 35.5. The molecule has 1 atom stereocenters. The maximum absolute atomic E-state index is 13.3. The molecular formula is C24H30Cl2FN3O4S. The predicted octanol–water partition coefficient (Wildman–Crippen LogP) is 4.62. The number of amides is 2. The highest BCUT2D eigenvalue weighted by molar-refractivity contribution is 7.92. The predicted molar refractivity (Wildman–Crippen MR) is 138 cm³/mol. The van der Waals surface area contributed by atoms with E-state index >= 15 is 0 Å². The Labute approximate surface area is 216 Å². The Bertz CT molecular complexity index is 1130. The molecule has 0 aromatic heterocycles. The first-order valence-corrected chi connectivity index (χ1v) is 13.8. The molecule has 0 aliphatic carbocycles. The summed E-state index contributed by atoms with van der Waals surface area (Å²) in [6, 6.07) is 9.43. The van der Waals surface area contributed by atoms with E-state index in [1.54, 1.807) is 25.1 Å². The van der Waals surface area contributed by atoms with Crippen molar-refractivity contribution in [3.8, 4) is 0 Å². The fourth-order valence-corrected chi connectivity index (χ4v) is 4.83. The summed E-state index contributed by atoms with van der Waals surface area (Å²) in [7, 11) is -3.70. The van der Waals surface area contributed by atoms with Gasteiger partial charge in [-0.2, -0.15) is 0 Å². The number of nitrogens with one attached hydrogen (secondary N) is 1. The number of rotatable bonds is 12.